The van der Waals surface area contributed by atoms with Crippen molar-refractivity contribution in [3.8, 4) is 6.07 Å². The molecule has 0 saturated carbocycles. The first kappa shape index (κ1) is 18.9. The number of benzene rings is 2. The molecule has 0 amide bonds. The van der Waals surface area contributed by atoms with E-state index in [-0.39, 0.29) is 0 Å². The van der Waals surface area contributed by atoms with E-state index in [0.717, 1.165) is 39.3 Å². The van der Waals surface area contributed by atoms with Gasteiger partial charge in [0.2, 0.25) is 0 Å². The minimum absolute atomic E-state index is 0.297. The van der Waals surface area contributed by atoms with Crippen LogP contribution in [0.5, 0.6) is 0 Å². The number of piperazine rings is 1. The molecule has 4 rings (SSSR count). The second-order valence-corrected chi connectivity index (χ2v) is 8.05. The lowest BCUT2D eigenvalue weighted by molar-refractivity contribution is 0.214. The standard InChI is InChI=1S/C23H29N5/c1-17-3-8-22(13-18(17)2)28-11-9-27(10-12-28)16-21-15-25-26-23(21)20-6-4-19(14-24)5-7-20/h3-8,13,21,23,25-26H,9-12,15-16H2,1-2H3. The highest BCUT2D eigenvalue weighted by molar-refractivity contribution is 5.51. The lowest BCUT2D eigenvalue weighted by Crippen LogP contribution is -2.48. The number of hydrazine groups is 1. The Balaban J connectivity index is 1.34. The van der Waals surface area contributed by atoms with E-state index in [1.165, 1.54) is 22.4 Å². The first-order valence-electron chi connectivity index (χ1n) is 10.2. The van der Waals surface area contributed by atoms with E-state index >= 15 is 0 Å². The third kappa shape index (κ3) is 4.05. The van der Waals surface area contributed by atoms with E-state index in [1.54, 1.807) is 0 Å². The van der Waals surface area contributed by atoms with E-state index in [9.17, 15) is 0 Å². The Morgan fingerprint density at radius 1 is 1.00 bits per heavy atom. The maximum absolute atomic E-state index is 9.01. The van der Waals surface area contributed by atoms with Gasteiger partial charge < -0.3 is 4.90 Å². The highest BCUT2D eigenvalue weighted by Crippen LogP contribution is 2.27. The Labute approximate surface area is 167 Å². The normalized spacial score (nSPS) is 23.0. The van der Waals surface area contributed by atoms with Crippen LogP contribution >= 0.6 is 0 Å². The molecule has 146 valence electrons. The van der Waals surface area contributed by atoms with Crippen LogP contribution in [0.3, 0.4) is 0 Å². The molecule has 5 heteroatoms. The summed E-state index contributed by atoms with van der Waals surface area (Å²) < 4.78 is 0. The minimum Gasteiger partial charge on any atom is -0.369 e. The molecular formula is C23H29N5. The fraction of sp³-hybridized carbons (Fsp3) is 0.435. The van der Waals surface area contributed by atoms with E-state index in [2.05, 4.69) is 70.9 Å². The third-order valence-corrected chi connectivity index (χ3v) is 6.21. The van der Waals surface area contributed by atoms with Crippen molar-refractivity contribution in [2.75, 3.05) is 44.2 Å². The summed E-state index contributed by atoms with van der Waals surface area (Å²) >= 11 is 0. The van der Waals surface area contributed by atoms with Crippen LogP contribution in [0.4, 0.5) is 5.69 Å². The van der Waals surface area contributed by atoms with Crippen molar-refractivity contribution in [1.29, 1.82) is 5.26 Å². The molecule has 0 aromatic heterocycles. The van der Waals surface area contributed by atoms with Gasteiger partial charge in [-0.15, -0.1) is 0 Å². The predicted molar refractivity (Wildman–Crippen MR) is 113 cm³/mol. The van der Waals surface area contributed by atoms with Crippen LogP contribution in [0.2, 0.25) is 0 Å². The van der Waals surface area contributed by atoms with Crippen LogP contribution in [-0.4, -0.2) is 44.2 Å². The highest BCUT2D eigenvalue weighted by Gasteiger charge is 2.30. The predicted octanol–water partition coefficient (Wildman–Crippen LogP) is 2.76. The summed E-state index contributed by atoms with van der Waals surface area (Å²) in [6.45, 7) is 10.8. The number of anilines is 1. The van der Waals surface area contributed by atoms with Gasteiger partial charge in [-0.05, 0) is 54.8 Å². The smallest absolute Gasteiger partial charge is 0.0991 e. The second-order valence-electron chi connectivity index (χ2n) is 8.05. The van der Waals surface area contributed by atoms with Crippen molar-refractivity contribution in [1.82, 2.24) is 15.8 Å². The summed E-state index contributed by atoms with van der Waals surface area (Å²) in [6, 6.07) is 17.3. The fourth-order valence-electron chi connectivity index (χ4n) is 4.27. The van der Waals surface area contributed by atoms with Crippen LogP contribution < -0.4 is 15.8 Å². The molecule has 2 aromatic carbocycles. The lowest BCUT2D eigenvalue weighted by Gasteiger charge is -2.38. The van der Waals surface area contributed by atoms with Gasteiger partial charge in [0.1, 0.15) is 0 Å². The molecular weight excluding hydrogens is 346 g/mol. The van der Waals surface area contributed by atoms with E-state index < -0.39 is 0 Å². The summed E-state index contributed by atoms with van der Waals surface area (Å²) in [6.07, 6.45) is 0. The maximum Gasteiger partial charge on any atom is 0.0991 e. The molecule has 0 aliphatic carbocycles. The summed E-state index contributed by atoms with van der Waals surface area (Å²) in [7, 11) is 0. The molecule has 2 atom stereocenters. The number of nitriles is 1. The molecule has 28 heavy (non-hydrogen) atoms. The van der Waals surface area contributed by atoms with Gasteiger partial charge in [0.25, 0.3) is 0 Å². The van der Waals surface area contributed by atoms with Gasteiger partial charge in [-0.2, -0.15) is 5.26 Å². The molecule has 2 aromatic rings. The first-order valence-corrected chi connectivity index (χ1v) is 10.2. The van der Waals surface area contributed by atoms with Gasteiger partial charge >= 0.3 is 0 Å². The van der Waals surface area contributed by atoms with E-state index in [0.29, 0.717) is 17.5 Å². The molecule has 2 heterocycles. The number of rotatable bonds is 4. The van der Waals surface area contributed by atoms with Crippen LogP contribution in [0.1, 0.15) is 28.3 Å². The Morgan fingerprint density at radius 3 is 2.43 bits per heavy atom. The van der Waals surface area contributed by atoms with Crippen molar-refractivity contribution in [3.05, 3.63) is 64.7 Å². The van der Waals surface area contributed by atoms with Crippen LogP contribution in [0, 0.1) is 31.1 Å². The molecule has 0 radical (unpaired) electrons. The number of hydrogen-bond acceptors (Lipinski definition) is 5. The molecule has 2 fully saturated rings. The van der Waals surface area contributed by atoms with E-state index in [1.807, 2.05) is 12.1 Å². The van der Waals surface area contributed by atoms with Gasteiger partial charge in [0.05, 0.1) is 17.7 Å². The summed E-state index contributed by atoms with van der Waals surface area (Å²) in [5.74, 6) is 0.529. The average Bonchev–Trinajstić information content (AvgIpc) is 3.19. The largest absolute Gasteiger partial charge is 0.369 e. The second kappa shape index (κ2) is 8.32. The van der Waals surface area contributed by atoms with Gasteiger partial charge in [-0.25, -0.2) is 5.43 Å². The van der Waals surface area contributed by atoms with Gasteiger partial charge in [-0.1, -0.05) is 18.2 Å². The highest BCUT2D eigenvalue weighted by atomic mass is 15.4. The average molecular weight is 376 g/mol. The zero-order valence-corrected chi connectivity index (χ0v) is 16.8. The van der Waals surface area contributed by atoms with Crippen LogP contribution in [-0.2, 0) is 0 Å². The molecule has 2 N–H and O–H groups in total. The fourth-order valence-corrected chi connectivity index (χ4v) is 4.27. The number of aryl methyl sites for hydroxylation is 2. The lowest BCUT2D eigenvalue weighted by atomic mass is 9.93. The monoisotopic (exact) mass is 375 g/mol. The van der Waals surface area contributed by atoms with Gasteiger partial charge in [0, 0.05) is 50.9 Å². The molecule has 2 aliphatic heterocycles. The zero-order chi connectivity index (χ0) is 19.5. The number of nitrogens with zero attached hydrogens (tertiary/aromatic N) is 3. The zero-order valence-electron chi connectivity index (χ0n) is 16.8. The Hall–Kier alpha value is -2.39. The third-order valence-electron chi connectivity index (χ3n) is 6.21. The van der Waals surface area contributed by atoms with E-state index in [4.69, 9.17) is 5.26 Å². The van der Waals surface area contributed by atoms with Crippen molar-refractivity contribution in [3.63, 3.8) is 0 Å². The van der Waals surface area contributed by atoms with Crippen molar-refractivity contribution < 1.29 is 0 Å². The van der Waals surface area contributed by atoms with Gasteiger partial charge in [-0.3, -0.25) is 10.3 Å². The Bertz CT molecular complexity index is 846. The number of nitrogens with one attached hydrogen (secondary N) is 2. The molecule has 2 aliphatic rings. The Morgan fingerprint density at radius 2 is 1.75 bits per heavy atom. The SMILES string of the molecule is Cc1ccc(N2CCN(CC3CNNC3c3ccc(C#N)cc3)CC2)cc1C. The summed E-state index contributed by atoms with van der Waals surface area (Å²) in [5, 5.41) is 9.01. The topological polar surface area (TPSA) is 54.3 Å². The molecule has 2 unspecified atom stereocenters. The molecule has 0 bridgehead atoms. The quantitative estimate of drug-likeness (QED) is 0.861. The molecule has 2 saturated heterocycles. The minimum atomic E-state index is 0.297. The van der Waals surface area contributed by atoms with Crippen LogP contribution in [0.15, 0.2) is 42.5 Å². The van der Waals surface area contributed by atoms with Gasteiger partial charge in [0.15, 0.2) is 0 Å². The van der Waals surface area contributed by atoms with Crippen molar-refractivity contribution >= 4 is 5.69 Å². The van der Waals surface area contributed by atoms with Crippen molar-refractivity contribution in [2.45, 2.75) is 19.9 Å². The first-order chi connectivity index (χ1) is 13.6. The Kier molecular flexibility index (Phi) is 5.63. The van der Waals surface area contributed by atoms with Crippen molar-refractivity contribution in [2.24, 2.45) is 5.92 Å². The number of hydrogen-bond donors (Lipinski definition) is 2. The molecule has 0 spiro atoms. The summed E-state index contributed by atoms with van der Waals surface area (Å²) in [5.41, 5.74) is 12.8. The molecule has 5 nitrogen and oxygen atoms in total. The summed E-state index contributed by atoms with van der Waals surface area (Å²) in [4.78, 5) is 5.10. The van der Waals surface area contributed by atoms with Crippen LogP contribution in [0.25, 0.3) is 0 Å². The maximum atomic E-state index is 9.01.